The first-order chi connectivity index (χ1) is 12.2. The third-order valence-electron chi connectivity index (χ3n) is 4.93. The molecule has 0 unspecified atom stereocenters. The topological polar surface area (TPSA) is 27.7 Å². The van der Waals surface area contributed by atoms with Gasteiger partial charge in [0, 0.05) is 38.9 Å². The second kappa shape index (κ2) is 11.2. The Morgan fingerprint density at radius 3 is 2.60 bits per heavy atom. The van der Waals surface area contributed by atoms with Crippen molar-refractivity contribution in [3.63, 3.8) is 0 Å². The maximum Gasteiger partial charge on any atom is 0.119 e. The van der Waals surface area contributed by atoms with Gasteiger partial charge in [0.1, 0.15) is 5.75 Å². The summed E-state index contributed by atoms with van der Waals surface area (Å²) in [6.45, 7) is 11.6. The van der Waals surface area contributed by atoms with E-state index in [2.05, 4.69) is 66.4 Å². The molecule has 1 aromatic rings. The molecule has 4 heteroatoms. The van der Waals surface area contributed by atoms with Crippen LogP contribution in [0.2, 0.25) is 0 Å². The molecule has 0 spiro atoms. The molecule has 0 bridgehead atoms. The Balaban J connectivity index is 1.62. The van der Waals surface area contributed by atoms with Crippen LogP contribution in [0.3, 0.4) is 0 Å². The zero-order chi connectivity index (χ0) is 17.9. The van der Waals surface area contributed by atoms with Crippen molar-refractivity contribution in [3.8, 4) is 5.75 Å². The molecule has 0 radical (unpaired) electrons. The van der Waals surface area contributed by atoms with E-state index in [0.717, 1.165) is 51.5 Å². The van der Waals surface area contributed by atoms with Gasteiger partial charge in [-0.1, -0.05) is 32.1 Å². The molecular weight excluding hydrogens is 310 g/mol. The second-order valence-electron chi connectivity index (χ2n) is 6.72. The molecule has 0 amide bonds. The van der Waals surface area contributed by atoms with E-state index in [-0.39, 0.29) is 0 Å². The second-order valence-corrected chi connectivity index (χ2v) is 6.72. The number of allylic oxidation sites excluding steroid dienone is 1. The molecular formula is C21H35N3O. The molecule has 1 aliphatic heterocycles. The van der Waals surface area contributed by atoms with Crippen molar-refractivity contribution in [1.82, 2.24) is 15.1 Å². The minimum atomic E-state index is 0.787. The lowest BCUT2D eigenvalue weighted by molar-refractivity contribution is 0.249. The van der Waals surface area contributed by atoms with E-state index < -0.39 is 0 Å². The van der Waals surface area contributed by atoms with Crippen LogP contribution in [-0.4, -0.2) is 56.2 Å². The van der Waals surface area contributed by atoms with Crippen LogP contribution < -0.4 is 10.1 Å². The van der Waals surface area contributed by atoms with E-state index in [1.807, 2.05) is 0 Å². The van der Waals surface area contributed by atoms with Gasteiger partial charge in [0.2, 0.25) is 0 Å². The Bertz CT molecular complexity index is 508. The first-order valence-corrected chi connectivity index (χ1v) is 9.78. The van der Waals surface area contributed by atoms with Crippen molar-refractivity contribution in [3.05, 3.63) is 41.6 Å². The fourth-order valence-electron chi connectivity index (χ4n) is 3.22. The zero-order valence-corrected chi connectivity index (χ0v) is 16.3. The van der Waals surface area contributed by atoms with Crippen LogP contribution in [0, 0.1) is 0 Å². The average molecular weight is 346 g/mol. The monoisotopic (exact) mass is 345 g/mol. The third kappa shape index (κ3) is 7.09. The van der Waals surface area contributed by atoms with Crippen LogP contribution >= 0.6 is 0 Å². The maximum absolute atomic E-state index is 5.84. The predicted octanol–water partition coefficient (Wildman–Crippen LogP) is 3.50. The minimum absolute atomic E-state index is 0.787. The predicted molar refractivity (Wildman–Crippen MR) is 106 cm³/mol. The van der Waals surface area contributed by atoms with Crippen molar-refractivity contribution in [2.75, 3.05) is 46.4 Å². The van der Waals surface area contributed by atoms with Gasteiger partial charge in [-0.15, -0.1) is 0 Å². The summed E-state index contributed by atoms with van der Waals surface area (Å²) in [6, 6.07) is 8.47. The molecule has 1 aromatic carbocycles. The fourth-order valence-corrected chi connectivity index (χ4v) is 3.22. The van der Waals surface area contributed by atoms with Crippen molar-refractivity contribution < 1.29 is 4.74 Å². The van der Waals surface area contributed by atoms with E-state index in [1.54, 1.807) is 0 Å². The Labute approximate surface area is 153 Å². The van der Waals surface area contributed by atoms with Crippen LogP contribution in [0.5, 0.6) is 5.75 Å². The van der Waals surface area contributed by atoms with Crippen LogP contribution in [0.1, 0.15) is 38.7 Å². The minimum Gasteiger partial charge on any atom is -0.494 e. The number of rotatable bonds is 11. The SMILES string of the molecule is CCN(CC)CCCOc1ccc(CNC/C=C2\CCCN2C)cc1. The Morgan fingerprint density at radius 2 is 1.96 bits per heavy atom. The van der Waals surface area contributed by atoms with Gasteiger partial charge in [-0.3, -0.25) is 0 Å². The molecule has 2 rings (SSSR count). The number of hydrogen-bond acceptors (Lipinski definition) is 4. The van der Waals surface area contributed by atoms with Gasteiger partial charge in [-0.05, 0) is 50.0 Å². The first kappa shape index (κ1) is 19.8. The molecule has 1 N–H and O–H groups in total. The molecule has 0 saturated carbocycles. The van der Waals surface area contributed by atoms with Crippen molar-refractivity contribution >= 4 is 0 Å². The fraction of sp³-hybridized carbons (Fsp3) is 0.619. The van der Waals surface area contributed by atoms with Gasteiger partial charge in [0.05, 0.1) is 6.61 Å². The molecule has 0 aromatic heterocycles. The standard InChI is InChI=1S/C21H35N3O/c1-4-24(5-2)16-7-17-25-21-11-9-19(10-12-21)18-22-14-13-20-8-6-15-23(20)3/h9-13,22H,4-8,14-18H2,1-3H3/b20-13+. The summed E-state index contributed by atoms with van der Waals surface area (Å²) in [6.07, 6.45) is 5.91. The zero-order valence-electron chi connectivity index (χ0n) is 16.3. The summed E-state index contributed by atoms with van der Waals surface area (Å²) >= 11 is 0. The third-order valence-corrected chi connectivity index (χ3v) is 4.93. The van der Waals surface area contributed by atoms with Gasteiger partial charge in [-0.2, -0.15) is 0 Å². The summed E-state index contributed by atoms with van der Waals surface area (Å²) in [4.78, 5) is 4.78. The number of benzene rings is 1. The van der Waals surface area contributed by atoms with Crippen LogP contribution in [0.25, 0.3) is 0 Å². The van der Waals surface area contributed by atoms with E-state index >= 15 is 0 Å². The lowest BCUT2D eigenvalue weighted by Gasteiger charge is -2.17. The Kier molecular flexibility index (Phi) is 8.84. The van der Waals surface area contributed by atoms with Crippen LogP contribution in [0.4, 0.5) is 0 Å². The van der Waals surface area contributed by atoms with Gasteiger partial charge < -0.3 is 19.9 Å². The highest BCUT2D eigenvalue weighted by Crippen LogP contribution is 2.17. The van der Waals surface area contributed by atoms with Crippen LogP contribution in [-0.2, 0) is 6.54 Å². The number of hydrogen-bond donors (Lipinski definition) is 1. The highest BCUT2D eigenvalue weighted by Gasteiger charge is 2.10. The first-order valence-electron chi connectivity index (χ1n) is 9.78. The molecule has 1 heterocycles. The maximum atomic E-state index is 5.84. The molecule has 1 aliphatic rings. The number of likely N-dealkylation sites (tertiary alicyclic amines) is 1. The van der Waals surface area contributed by atoms with Gasteiger partial charge in [0.15, 0.2) is 0 Å². The highest BCUT2D eigenvalue weighted by atomic mass is 16.5. The molecule has 25 heavy (non-hydrogen) atoms. The molecule has 1 saturated heterocycles. The molecule has 1 fully saturated rings. The largest absolute Gasteiger partial charge is 0.494 e. The van der Waals surface area contributed by atoms with Crippen molar-refractivity contribution in [1.29, 1.82) is 0 Å². The highest BCUT2D eigenvalue weighted by molar-refractivity contribution is 5.27. The Hall–Kier alpha value is -1.52. The van der Waals surface area contributed by atoms with E-state index in [1.165, 1.54) is 30.6 Å². The van der Waals surface area contributed by atoms with E-state index in [0.29, 0.717) is 0 Å². The van der Waals surface area contributed by atoms with Gasteiger partial charge in [0.25, 0.3) is 0 Å². The summed E-state index contributed by atoms with van der Waals surface area (Å²) in [5.74, 6) is 0.970. The number of ether oxygens (including phenoxy) is 1. The molecule has 0 atom stereocenters. The van der Waals surface area contributed by atoms with Gasteiger partial charge in [-0.25, -0.2) is 0 Å². The van der Waals surface area contributed by atoms with Crippen LogP contribution in [0.15, 0.2) is 36.0 Å². The summed E-state index contributed by atoms with van der Waals surface area (Å²) in [5.41, 5.74) is 2.77. The van der Waals surface area contributed by atoms with E-state index in [4.69, 9.17) is 4.74 Å². The molecule has 0 aliphatic carbocycles. The Morgan fingerprint density at radius 1 is 1.20 bits per heavy atom. The smallest absolute Gasteiger partial charge is 0.119 e. The summed E-state index contributed by atoms with van der Waals surface area (Å²) in [7, 11) is 2.18. The quantitative estimate of drug-likeness (QED) is 0.621. The summed E-state index contributed by atoms with van der Waals surface area (Å²) in [5, 5.41) is 3.50. The van der Waals surface area contributed by atoms with E-state index in [9.17, 15) is 0 Å². The lowest BCUT2D eigenvalue weighted by atomic mass is 10.2. The van der Waals surface area contributed by atoms with Crippen molar-refractivity contribution in [2.24, 2.45) is 0 Å². The van der Waals surface area contributed by atoms with Gasteiger partial charge >= 0.3 is 0 Å². The lowest BCUT2D eigenvalue weighted by Crippen LogP contribution is -2.25. The van der Waals surface area contributed by atoms with Crippen molar-refractivity contribution in [2.45, 2.75) is 39.7 Å². The molecule has 140 valence electrons. The summed E-state index contributed by atoms with van der Waals surface area (Å²) < 4.78 is 5.84. The number of nitrogens with one attached hydrogen (secondary N) is 1. The number of nitrogens with zero attached hydrogens (tertiary/aromatic N) is 2. The molecule has 4 nitrogen and oxygen atoms in total. The normalized spacial score (nSPS) is 16.2. The average Bonchev–Trinajstić information content (AvgIpc) is 3.05.